The molecule has 0 atom stereocenters. The van der Waals surface area contributed by atoms with Crippen molar-refractivity contribution in [2.24, 2.45) is 0 Å². The summed E-state index contributed by atoms with van der Waals surface area (Å²) in [5.41, 5.74) is 2.72. The van der Waals surface area contributed by atoms with Crippen molar-refractivity contribution in [1.82, 2.24) is 0 Å². The van der Waals surface area contributed by atoms with Crippen LogP contribution in [0.25, 0.3) is 0 Å². The lowest BCUT2D eigenvalue weighted by atomic mass is 10.0. The molecule has 0 bridgehead atoms. The molecule has 0 aliphatic heterocycles. The number of hydrogen-bond donors (Lipinski definition) is 0. The fraction of sp³-hybridized carbons (Fsp3) is 0.133. The van der Waals surface area contributed by atoms with Crippen molar-refractivity contribution in [2.45, 2.75) is 13.8 Å². The highest BCUT2D eigenvalue weighted by Crippen LogP contribution is 2.22. The number of carbonyl (C=O) groups excluding carboxylic acids is 1. The smallest absolute Gasteiger partial charge is 0.194 e. The Bertz CT molecular complexity index is 600. The number of aryl methyl sites for hydroxylation is 2. The molecule has 0 aliphatic rings. The maximum Gasteiger partial charge on any atom is 0.194 e. The van der Waals surface area contributed by atoms with Crippen LogP contribution in [-0.4, -0.2) is 5.78 Å². The van der Waals surface area contributed by atoms with Gasteiger partial charge in [0, 0.05) is 15.6 Å². The maximum atomic E-state index is 13.3. The second-order valence-corrected chi connectivity index (χ2v) is 5.18. The topological polar surface area (TPSA) is 17.1 Å². The summed E-state index contributed by atoms with van der Waals surface area (Å²) in [7, 11) is 0. The molecule has 2 aromatic carbocycles. The van der Waals surface area contributed by atoms with E-state index in [4.69, 9.17) is 0 Å². The fourth-order valence-corrected chi connectivity index (χ4v) is 2.50. The van der Waals surface area contributed by atoms with E-state index in [1.165, 1.54) is 12.1 Å². The van der Waals surface area contributed by atoms with Gasteiger partial charge in [0.15, 0.2) is 5.78 Å². The predicted octanol–water partition coefficient (Wildman–Crippen LogP) is 4.44. The van der Waals surface area contributed by atoms with Crippen molar-refractivity contribution in [3.8, 4) is 0 Å². The molecule has 0 aromatic heterocycles. The van der Waals surface area contributed by atoms with Gasteiger partial charge in [-0.05, 0) is 55.3 Å². The number of hydrogen-bond acceptors (Lipinski definition) is 1. The summed E-state index contributed by atoms with van der Waals surface area (Å²) in [5.74, 6) is -0.564. The largest absolute Gasteiger partial charge is 0.289 e. The summed E-state index contributed by atoms with van der Waals surface area (Å²) in [4.78, 5) is 12.3. The van der Waals surface area contributed by atoms with Gasteiger partial charge in [-0.2, -0.15) is 0 Å². The highest BCUT2D eigenvalue weighted by atomic mass is 79.9. The molecule has 1 nitrogen and oxygen atoms in total. The van der Waals surface area contributed by atoms with Crippen molar-refractivity contribution < 1.29 is 9.18 Å². The second-order valence-electron chi connectivity index (χ2n) is 4.33. The number of rotatable bonds is 2. The standard InChI is InChI=1S/C15H12BrFO/c1-9-3-4-13(14(16)7-9)15(18)11-5-10(2)6-12(17)8-11/h3-8H,1-2H3. The van der Waals surface area contributed by atoms with Gasteiger partial charge in [0.2, 0.25) is 0 Å². The number of halogens is 2. The zero-order valence-corrected chi connectivity index (χ0v) is 11.7. The molecule has 0 aliphatic carbocycles. The van der Waals surface area contributed by atoms with Gasteiger partial charge < -0.3 is 0 Å². The first kappa shape index (κ1) is 13.0. The van der Waals surface area contributed by atoms with Gasteiger partial charge in [-0.1, -0.05) is 22.0 Å². The van der Waals surface area contributed by atoms with Gasteiger partial charge in [0.25, 0.3) is 0 Å². The zero-order chi connectivity index (χ0) is 13.3. The Morgan fingerprint density at radius 2 is 1.78 bits per heavy atom. The summed E-state index contributed by atoms with van der Waals surface area (Å²) in [6.07, 6.45) is 0. The van der Waals surface area contributed by atoms with Crippen molar-refractivity contribution in [3.05, 3.63) is 68.9 Å². The van der Waals surface area contributed by atoms with Gasteiger partial charge >= 0.3 is 0 Å². The van der Waals surface area contributed by atoms with Gasteiger partial charge in [0.1, 0.15) is 5.82 Å². The minimum atomic E-state index is -0.387. The number of benzene rings is 2. The third-order valence-electron chi connectivity index (χ3n) is 2.67. The second kappa shape index (κ2) is 5.02. The van der Waals surface area contributed by atoms with Gasteiger partial charge in [-0.15, -0.1) is 0 Å². The fourth-order valence-electron chi connectivity index (χ4n) is 1.83. The predicted molar refractivity (Wildman–Crippen MR) is 73.4 cm³/mol. The van der Waals surface area contributed by atoms with E-state index in [-0.39, 0.29) is 11.6 Å². The molecular formula is C15H12BrFO. The molecule has 0 amide bonds. The van der Waals surface area contributed by atoms with E-state index in [1.54, 1.807) is 19.1 Å². The molecule has 0 heterocycles. The van der Waals surface area contributed by atoms with Crippen LogP contribution in [0.4, 0.5) is 4.39 Å². The van der Waals surface area contributed by atoms with Crippen LogP contribution in [0.1, 0.15) is 27.0 Å². The van der Waals surface area contributed by atoms with Gasteiger partial charge in [-0.25, -0.2) is 4.39 Å². The first-order valence-corrected chi connectivity index (χ1v) is 6.35. The molecular weight excluding hydrogens is 295 g/mol. The van der Waals surface area contributed by atoms with E-state index in [1.807, 2.05) is 19.1 Å². The minimum Gasteiger partial charge on any atom is -0.289 e. The third kappa shape index (κ3) is 2.67. The van der Waals surface area contributed by atoms with E-state index in [0.29, 0.717) is 11.1 Å². The SMILES string of the molecule is Cc1cc(F)cc(C(=O)c2ccc(C)cc2Br)c1. The summed E-state index contributed by atoms with van der Waals surface area (Å²) in [5, 5.41) is 0. The van der Waals surface area contributed by atoms with Crippen molar-refractivity contribution in [1.29, 1.82) is 0 Å². The average molecular weight is 307 g/mol. The third-order valence-corrected chi connectivity index (χ3v) is 3.33. The lowest BCUT2D eigenvalue weighted by molar-refractivity contribution is 0.103. The average Bonchev–Trinajstić information content (AvgIpc) is 2.26. The van der Waals surface area contributed by atoms with Gasteiger partial charge in [0.05, 0.1) is 0 Å². The Morgan fingerprint density at radius 3 is 2.39 bits per heavy atom. The summed E-state index contributed by atoms with van der Waals surface area (Å²) >= 11 is 3.37. The summed E-state index contributed by atoms with van der Waals surface area (Å²) < 4.78 is 14.0. The maximum absolute atomic E-state index is 13.3. The van der Waals surface area contributed by atoms with Crippen LogP contribution >= 0.6 is 15.9 Å². The molecule has 0 spiro atoms. The normalized spacial score (nSPS) is 10.4. The molecule has 0 saturated carbocycles. The van der Waals surface area contributed by atoms with Crippen LogP contribution < -0.4 is 0 Å². The van der Waals surface area contributed by atoms with Crippen LogP contribution in [0.2, 0.25) is 0 Å². The van der Waals surface area contributed by atoms with E-state index in [0.717, 1.165) is 15.6 Å². The van der Waals surface area contributed by atoms with Crippen LogP contribution in [-0.2, 0) is 0 Å². The molecule has 0 saturated heterocycles. The Hall–Kier alpha value is -1.48. The first-order chi connectivity index (χ1) is 8.47. The van der Waals surface area contributed by atoms with Crippen LogP contribution in [0.15, 0.2) is 40.9 Å². The molecule has 18 heavy (non-hydrogen) atoms. The Labute approximate surface area is 114 Å². The Balaban J connectivity index is 2.47. The van der Waals surface area contributed by atoms with Crippen molar-refractivity contribution in [3.63, 3.8) is 0 Å². The summed E-state index contributed by atoms with van der Waals surface area (Å²) in [6, 6.07) is 9.85. The quantitative estimate of drug-likeness (QED) is 0.750. The van der Waals surface area contributed by atoms with E-state index >= 15 is 0 Å². The van der Waals surface area contributed by atoms with Crippen molar-refractivity contribution in [2.75, 3.05) is 0 Å². The van der Waals surface area contributed by atoms with Crippen LogP contribution in [0.3, 0.4) is 0 Å². The molecule has 0 N–H and O–H groups in total. The molecule has 2 rings (SSSR count). The Morgan fingerprint density at radius 1 is 1.06 bits per heavy atom. The van der Waals surface area contributed by atoms with E-state index in [9.17, 15) is 9.18 Å². The molecule has 0 fully saturated rings. The first-order valence-electron chi connectivity index (χ1n) is 5.55. The Kier molecular flexibility index (Phi) is 3.62. The molecule has 0 radical (unpaired) electrons. The lowest BCUT2D eigenvalue weighted by Crippen LogP contribution is -2.03. The highest BCUT2D eigenvalue weighted by molar-refractivity contribution is 9.10. The lowest BCUT2D eigenvalue weighted by Gasteiger charge is -2.06. The molecule has 2 aromatic rings. The minimum absolute atomic E-state index is 0.176. The van der Waals surface area contributed by atoms with Crippen LogP contribution in [0, 0.1) is 19.7 Å². The number of carbonyl (C=O) groups is 1. The zero-order valence-electron chi connectivity index (χ0n) is 10.1. The summed E-state index contributed by atoms with van der Waals surface area (Å²) in [6.45, 7) is 3.72. The van der Waals surface area contributed by atoms with Crippen LogP contribution in [0.5, 0.6) is 0 Å². The van der Waals surface area contributed by atoms with Crippen molar-refractivity contribution >= 4 is 21.7 Å². The van der Waals surface area contributed by atoms with E-state index in [2.05, 4.69) is 15.9 Å². The highest BCUT2D eigenvalue weighted by Gasteiger charge is 2.13. The van der Waals surface area contributed by atoms with Gasteiger partial charge in [-0.3, -0.25) is 4.79 Å². The monoisotopic (exact) mass is 306 g/mol. The number of ketones is 1. The molecule has 0 unspecified atom stereocenters. The molecule has 92 valence electrons. The van der Waals surface area contributed by atoms with E-state index < -0.39 is 0 Å². The molecule has 3 heteroatoms.